The number of rotatable bonds is 3. The highest BCUT2D eigenvalue weighted by atomic mass is 16.3. The van der Waals surface area contributed by atoms with Crippen LogP contribution < -0.4 is 5.73 Å². The second-order valence-corrected chi connectivity index (χ2v) is 5.90. The lowest BCUT2D eigenvalue weighted by molar-refractivity contribution is 0.474. The van der Waals surface area contributed by atoms with E-state index in [1.54, 1.807) is 24.3 Å². The first-order chi connectivity index (χ1) is 12.2. The van der Waals surface area contributed by atoms with Crippen LogP contribution in [-0.2, 0) is 6.54 Å². The number of hydrogen-bond donors (Lipinski definition) is 3. The lowest BCUT2D eigenvalue weighted by atomic mass is 9.97. The molecular weight excluding hydrogens is 314 g/mol. The van der Waals surface area contributed by atoms with Gasteiger partial charge < -0.3 is 20.4 Å². The summed E-state index contributed by atoms with van der Waals surface area (Å²) in [5.41, 5.74) is 9.98. The molecule has 25 heavy (non-hydrogen) atoms. The maximum atomic E-state index is 10.1. The van der Waals surface area contributed by atoms with Gasteiger partial charge in [0, 0.05) is 28.6 Å². The quantitative estimate of drug-likeness (QED) is 0.511. The molecule has 0 unspecified atom stereocenters. The normalized spacial score (nSPS) is 11.1. The lowest BCUT2D eigenvalue weighted by Crippen LogP contribution is -1.96. The third kappa shape index (κ3) is 2.62. The molecule has 4 aromatic rings. The molecule has 4 heteroatoms. The number of aromatic hydroxyl groups is 2. The highest BCUT2D eigenvalue weighted by Gasteiger charge is 2.20. The van der Waals surface area contributed by atoms with Crippen molar-refractivity contribution in [2.45, 2.75) is 6.54 Å². The van der Waals surface area contributed by atoms with Crippen molar-refractivity contribution in [1.29, 1.82) is 0 Å². The van der Waals surface area contributed by atoms with Crippen molar-refractivity contribution in [1.82, 2.24) is 0 Å². The second-order valence-electron chi connectivity index (χ2n) is 5.90. The molecule has 4 nitrogen and oxygen atoms in total. The molecule has 0 fully saturated rings. The number of nitrogens with two attached hydrogens (primary N) is 1. The number of hydrogen-bond acceptors (Lipinski definition) is 4. The van der Waals surface area contributed by atoms with Crippen LogP contribution in [0.5, 0.6) is 11.5 Å². The number of phenolic OH excluding ortho intramolecular Hbond substituents is 2. The summed E-state index contributed by atoms with van der Waals surface area (Å²) in [7, 11) is 0. The van der Waals surface area contributed by atoms with Crippen LogP contribution in [0.4, 0.5) is 0 Å². The summed E-state index contributed by atoms with van der Waals surface area (Å²) in [6.45, 7) is 0.266. The van der Waals surface area contributed by atoms with Gasteiger partial charge >= 0.3 is 0 Å². The van der Waals surface area contributed by atoms with Gasteiger partial charge in [-0.05, 0) is 42.0 Å². The third-order valence-electron chi connectivity index (χ3n) is 4.26. The first-order valence-corrected chi connectivity index (χ1v) is 8.00. The van der Waals surface area contributed by atoms with E-state index in [1.165, 1.54) is 0 Å². The number of phenols is 2. The zero-order valence-electron chi connectivity index (χ0n) is 13.4. The van der Waals surface area contributed by atoms with E-state index in [0.29, 0.717) is 11.3 Å². The molecule has 0 atom stereocenters. The van der Waals surface area contributed by atoms with Crippen molar-refractivity contribution < 1.29 is 14.6 Å². The van der Waals surface area contributed by atoms with E-state index < -0.39 is 0 Å². The van der Waals surface area contributed by atoms with Crippen LogP contribution in [0.25, 0.3) is 33.4 Å². The van der Waals surface area contributed by atoms with Crippen LogP contribution in [0.3, 0.4) is 0 Å². The van der Waals surface area contributed by atoms with Crippen molar-refractivity contribution in [3.63, 3.8) is 0 Å². The van der Waals surface area contributed by atoms with Crippen LogP contribution in [0.2, 0.25) is 0 Å². The molecule has 0 aliphatic heterocycles. The van der Waals surface area contributed by atoms with E-state index in [2.05, 4.69) is 0 Å². The molecule has 0 amide bonds. The van der Waals surface area contributed by atoms with Gasteiger partial charge in [0.25, 0.3) is 0 Å². The molecule has 124 valence electrons. The van der Waals surface area contributed by atoms with Crippen LogP contribution in [0.1, 0.15) is 5.56 Å². The minimum absolute atomic E-state index is 0.156. The summed E-state index contributed by atoms with van der Waals surface area (Å²) in [6.07, 6.45) is 0. The Balaban J connectivity index is 2.09. The summed E-state index contributed by atoms with van der Waals surface area (Å²) in [6, 6.07) is 20.1. The molecule has 0 aliphatic rings. The number of benzene rings is 3. The maximum absolute atomic E-state index is 10.1. The van der Waals surface area contributed by atoms with Gasteiger partial charge in [0.05, 0.1) is 0 Å². The van der Waals surface area contributed by atoms with Crippen molar-refractivity contribution in [3.8, 4) is 33.9 Å². The topological polar surface area (TPSA) is 79.6 Å². The monoisotopic (exact) mass is 331 g/mol. The maximum Gasteiger partial charge on any atom is 0.143 e. The minimum atomic E-state index is 0.156. The largest absolute Gasteiger partial charge is 0.508 e. The van der Waals surface area contributed by atoms with Gasteiger partial charge in [-0.3, -0.25) is 0 Å². The van der Waals surface area contributed by atoms with Crippen molar-refractivity contribution >= 4 is 11.0 Å². The molecule has 4 N–H and O–H groups in total. The van der Waals surface area contributed by atoms with Gasteiger partial charge in [0.2, 0.25) is 0 Å². The van der Waals surface area contributed by atoms with E-state index >= 15 is 0 Å². The second kappa shape index (κ2) is 6.00. The minimum Gasteiger partial charge on any atom is -0.508 e. The standard InChI is InChI=1S/C21H17NO3/c22-12-15-10-17(24)11-18-19(13-4-2-1-3-5-13)21(25-20(15)18)14-6-8-16(23)9-7-14/h1-11,23-24H,12,22H2. The Hall–Kier alpha value is -3.24. The van der Waals surface area contributed by atoms with Gasteiger partial charge in [0.15, 0.2) is 0 Å². The lowest BCUT2D eigenvalue weighted by Gasteiger charge is -2.04. The molecule has 4 rings (SSSR count). The average Bonchev–Trinajstić information content (AvgIpc) is 3.01. The van der Waals surface area contributed by atoms with E-state index in [-0.39, 0.29) is 18.0 Å². The summed E-state index contributed by atoms with van der Waals surface area (Å²) in [5.74, 6) is 1.03. The Morgan fingerprint density at radius 2 is 1.52 bits per heavy atom. The van der Waals surface area contributed by atoms with Crippen molar-refractivity contribution in [3.05, 3.63) is 72.3 Å². The van der Waals surface area contributed by atoms with Crippen molar-refractivity contribution in [2.24, 2.45) is 5.73 Å². The van der Waals surface area contributed by atoms with Crippen LogP contribution >= 0.6 is 0 Å². The molecule has 0 saturated carbocycles. The van der Waals surface area contributed by atoms with Gasteiger partial charge in [-0.1, -0.05) is 30.3 Å². The fourth-order valence-electron chi connectivity index (χ4n) is 3.11. The highest BCUT2D eigenvalue weighted by Crippen LogP contribution is 2.43. The molecular formula is C21H17NO3. The zero-order valence-corrected chi connectivity index (χ0v) is 13.4. The predicted molar refractivity (Wildman–Crippen MR) is 98.3 cm³/mol. The Morgan fingerprint density at radius 3 is 2.20 bits per heavy atom. The van der Waals surface area contributed by atoms with Gasteiger partial charge in [0.1, 0.15) is 22.8 Å². The van der Waals surface area contributed by atoms with E-state index in [9.17, 15) is 10.2 Å². The summed E-state index contributed by atoms with van der Waals surface area (Å²) >= 11 is 0. The number of furan rings is 1. The Morgan fingerprint density at radius 1 is 0.800 bits per heavy atom. The van der Waals surface area contributed by atoms with Crippen LogP contribution in [0, 0.1) is 0 Å². The number of fused-ring (bicyclic) bond motifs is 1. The summed E-state index contributed by atoms with van der Waals surface area (Å²) in [5, 5.41) is 20.5. The van der Waals surface area contributed by atoms with E-state index in [4.69, 9.17) is 10.2 Å². The van der Waals surface area contributed by atoms with Gasteiger partial charge in [-0.15, -0.1) is 0 Å². The smallest absolute Gasteiger partial charge is 0.143 e. The molecule has 3 aromatic carbocycles. The first-order valence-electron chi connectivity index (χ1n) is 8.00. The van der Waals surface area contributed by atoms with E-state index in [0.717, 1.165) is 27.6 Å². The zero-order chi connectivity index (χ0) is 17.4. The van der Waals surface area contributed by atoms with Gasteiger partial charge in [-0.25, -0.2) is 0 Å². The molecule has 0 spiro atoms. The SMILES string of the molecule is NCc1cc(O)cc2c(-c3ccccc3)c(-c3ccc(O)cc3)oc12. The molecule has 0 saturated heterocycles. The summed E-state index contributed by atoms with van der Waals surface area (Å²) in [4.78, 5) is 0. The molecule has 0 aliphatic carbocycles. The first kappa shape index (κ1) is 15.3. The van der Waals surface area contributed by atoms with Crippen LogP contribution in [0.15, 0.2) is 71.1 Å². The molecule has 0 radical (unpaired) electrons. The molecule has 1 aromatic heterocycles. The Bertz CT molecular complexity index is 1030. The fraction of sp³-hybridized carbons (Fsp3) is 0.0476. The Labute approximate surface area is 144 Å². The molecule has 1 heterocycles. The van der Waals surface area contributed by atoms with Crippen molar-refractivity contribution in [2.75, 3.05) is 0 Å². The van der Waals surface area contributed by atoms with Crippen LogP contribution in [-0.4, -0.2) is 10.2 Å². The summed E-state index contributed by atoms with van der Waals surface area (Å²) < 4.78 is 6.18. The average molecular weight is 331 g/mol. The predicted octanol–water partition coefficient (Wildman–Crippen LogP) is 4.64. The third-order valence-corrected chi connectivity index (χ3v) is 4.26. The highest BCUT2D eigenvalue weighted by molar-refractivity contribution is 6.03. The molecule has 0 bridgehead atoms. The van der Waals surface area contributed by atoms with Gasteiger partial charge in [-0.2, -0.15) is 0 Å². The van der Waals surface area contributed by atoms with E-state index in [1.807, 2.05) is 42.5 Å². The Kier molecular flexibility index (Phi) is 3.67. The fourth-order valence-corrected chi connectivity index (χ4v) is 3.11.